The average molecular weight is 273 g/mol. The van der Waals surface area contributed by atoms with Gasteiger partial charge in [-0.2, -0.15) is 0 Å². The van der Waals surface area contributed by atoms with Crippen molar-refractivity contribution in [2.24, 2.45) is 10.9 Å². The van der Waals surface area contributed by atoms with Crippen molar-refractivity contribution in [1.82, 2.24) is 10.6 Å². The van der Waals surface area contributed by atoms with Crippen LogP contribution in [0.3, 0.4) is 0 Å². The average Bonchev–Trinajstić information content (AvgIpc) is 3.22. The van der Waals surface area contributed by atoms with E-state index in [9.17, 15) is 0 Å². The lowest BCUT2D eigenvalue weighted by Gasteiger charge is -2.19. The molecule has 0 saturated heterocycles. The summed E-state index contributed by atoms with van der Waals surface area (Å²) in [5, 5.41) is 6.74. The van der Waals surface area contributed by atoms with Gasteiger partial charge < -0.3 is 10.6 Å². The molecule has 0 radical (unpaired) electrons. The van der Waals surface area contributed by atoms with Gasteiger partial charge in [0.1, 0.15) is 0 Å². The van der Waals surface area contributed by atoms with Gasteiger partial charge in [0.15, 0.2) is 5.96 Å². The zero-order valence-electron chi connectivity index (χ0n) is 13.2. The van der Waals surface area contributed by atoms with Crippen LogP contribution in [0, 0.1) is 5.92 Å². The minimum atomic E-state index is 0.216. The molecule has 0 bridgehead atoms. The van der Waals surface area contributed by atoms with Gasteiger partial charge in [0.2, 0.25) is 0 Å². The third kappa shape index (κ3) is 4.55. The van der Waals surface area contributed by atoms with E-state index in [1.807, 2.05) is 7.05 Å². The highest BCUT2D eigenvalue weighted by atomic mass is 15.2. The highest BCUT2D eigenvalue weighted by Gasteiger charge is 2.21. The number of nitrogens with zero attached hydrogens (tertiary/aromatic N) is 1. The molecule has 110 valence electrons. The molecule has 20 heavy (non-hydrogen) atoms. The van der Waals surface area contributed by atoms with Crippen molar-refractivity contribution in [3.8, 4) is 0 Å². The zero-order chi connectivity index (χ0) is 14.6. The van der Waals surface area contributed by atoms with Gasteiger partial charge in [-0.25, -0.2) is 0 Å². The van der Waals surface area contributed by atoms with Gasteiger partial charge in [-0.15, -0.1) is 0 Å². The van der Waals surface area contributed by atoms with Crippen LogP contribution >= 0.6 is 0 Å². The summed E-state index contributed by atoms with van der Waals surface area (Å²) >= 11 is 0. The molecule has 3 heteroatoms. The summed E-state index contributed by atoms with van der Waals surface area (Å²) in [5.41, 5.74) is 2.87. The fourth-order valence-corrected chi connectivity index (χ4v) is 2.09. The third-order valence-electron chi connectivity index (χ3n) is 3.76. The smallest absolute Gasteiger partial charge is 0.191 e. The second-order valence-electron chi connectivity index (χ2n) is 6.70. The lowest BCUT2D eigenvalue weighted by molar-refractivity contribution is 0.590. The molecule has 0 aliphatic heterocycles. The van der Waals surface area contributed by atoms with E-state index in [0.29, 0.717) is 0 Å². The summed E-state index contributed by atoms with van der Waals surface area (Å²) < 4.78 is 0. The van der Waals surface area contributed by atoms with Crippen LogP contribution in [0.5, 0.6) is 0 Å². The van der Waals surface area contributed by atoms with Gasteiger partial charge in [0.25, 0.3) is 0 Å². The van der Waals surface area contributed by atoms with Crippen LogP contribution in [0.25, 0.3) is 0 Å². The SMILES string of the molecule is CN=C(NCc1ccc(C(C)(C)C)cc1)NCC1CC1. The Kier molecular flexibility index (Phi) is 4.69. The van der Waals surface area contributed by atoms with Crippen molar-refractivity contribution in [2.45, 2.75) is 45.6 Å². The van der Waals surface area contributed by atoms with Gasteiger partial charge in [-0.05, 0) is 35.3 Å². The van der Waals surface area contributed by atoms with Crippen LogP contribution in [-0.2, 0) is 12.0 Å². The summed E-state index contributed by atoms with van der Waals surface area (Å²) in [6, 6.07) is 8.83. The van der Waals surface area contributed by atoms with Crippen molar-refractivity contribution < 1.29 is 0 Å². The Morgan fingerprint density at radius 2 is 1.80 bits per heavy atom. The molecule has 0 aromatic heterocycles. The van der Waals surface area contributed by atoms with E-state index < -0.39 is 0 Å². The van der Waals surface area contributed by atoms with E-state index >= 15 is 0 Å². The normalized spacial score (nSPS) is 16.1. The summed E-state index contributed by atoms with van der Waals surface area (Å²) in [6.07, 6.45) is 2.72. The molecule has 1 aliphatic rings. The Morgan fingerprint density at radius 1 is 1.15 bits per heavy atom. The molecule has 1 fully saturated rings. The molecular weight excluding hydrogens is 246 g/mol. The molecule has 1 aromatic rings. The quantitative estimate of drug-likeness (QED) is 0.653. The molecule has 0 spiro atoms. The van der Waals surface area contributed by atoms with Crippen LogP contribution in [0.1, 0.15) is 44.7 Å². The van der Waals surface area contributed by atoms with E-state index in [2.05, 4.69) is 60.7 Å². The Labute approximate surface area is 122 Å². The molecule has 1 aliphatic carbocycles. The minimum Gasteiger partial charge on any atom is -0.356 e. The number of guanidine groups is 1. The number of rotatable bonds is 4. The Balaban J connectivity index is 1.83. The molecule has 0 heterocycles. The van der Waals surface area contributed by atoms with E-state index in [-0.39, 0.29) is 5.41 Å². The number of nitrogens with one attached hydrogen (secondary N) is 2. The number of hydrogen-bond acceptors (Lipinski definition) is 1. The fourth-order valence-electron chi connectivity index (χ4n) is 2.09. The minimum absolute atomic E-state index is 0.216. The second kappa shape index (κ2) is 6.29. The van der Waals surface area contributed by atoms with Crippen molar-refractivity contribution in [3.05, 3.63) is 35.4 Å². The lowest BCUT2D eigenvalue weighted by Crippen LogP contribution is -2.37. The highest BCUT2D eigenvalue weighted by molar-refractivity contribution is 5.79. The van der Waals surface area contributed by atoms with Gasteiger partial charge in [-0.3, -0.25) is 4.99 Å². The topological polar surface area (TPSA) is 36.4 Å². The molecule has 2 N–H and O–H groups in total. The Morgan fingerprint density at radius 3 is 2.30 bits per heavy atom. The van der Waals surface area contributed by atoms with Crippen molar-refractivity contribution >= 4 is 5.96 Å². The summed E-state index contributed by atoms with van der Waals surface area (Å²) in [4.78, 5) is 4.25. The molecule has 1 aromatic carbocycles. The summed E-state index contributed by atoms with van der Waals surface area (Å²) in [5.74, 6) is 1.76. The van der Waals surface area contributed by atoms with Gasteiger partial charge >= 0.3 is 0 Å². The molecule has 1 saturated carbocycles. The molecule has 0 amide bonds. The van der Waals surface area contributed by atoms with Crippen LogP contribution in [0.15, 0.2) is 29.3 Å². The van der Waals surface area contributed by atoms with E-state index in [0.717, 1.165) is 25.0 Å². The Bertz CT molecular complexity index is 450. The van der Waals surface area contributed by atoms with E-state index in [4.69, 9.17) is 0 Å². The van der Waals surface area contributed by atoms with Gasteiger partial charge in [0.05, 0.1) is 0 Å². The van der Waals surface area contributed by atoms with E-state index in [1.54, 1.807) is 0 Å². The van der Waals surface area contributed by atoms with Crippen LogP contribution in [0.4, 0.5) is 0 Å². The standard InChI is InChI=1S/C17H27N3/c1-17(2,3)15-9-7-14(8-10-15)12-20-16(18-4)19-11-13-5-6-13/h7-10,13H,5-6,11-12H2,1-4H3,(H2,18,19,20). The molecule has 3 nitrogen and oxygen atoms in total. The first-order valence-corrected chi connectivity index (χ1v) is 7.53. The first-order chi connectivity index (χ1) is 9.49. The lowest BCUT2D eigenvalue weighted by atomic mass is 9.87. The van der Waals surface area contributed by atoms with E-state index in [1.165, 1.54) is 24.0 Å². The second-order valence-corrected chi connectivity index (χ2v) is 6.70. The fraction of sp³-hybridized carbons (Fsp3) is 0.588. The van der Waals surface area contributed by atoms with Crippen LogP contribution in [-0.4, -0.2) is 19.6 Å². The first-order valence-electron chi connectivity index (χ1n) is 7.53. The van der Waals surface area contributed by atoms with Crippen molar-refractivity contribution in [3.63, 3.8) is 0 Å². The van der Waals surface area contributed by atoms with Gasteiger partial charge in [0, 0.05) is 20.1 Å². The summed E-state index contributed by atoms with van der Waals surface area (Å²) in [6.45, 7) is 8.58. The monoisotopic (exact) mass is 273 g/mol. The predicted octanol–water partition coefficient (Wildman–Crippen LogP) is 3.06. The molecule has 0 unspecified atom stereocenters. The number of hydrogen-bond donors (Lipinski definition) is 2. The maximum atomic E-state index is 4.25. The maximum Gasteiger partial charge on any atom is 0.191 e. The number of aliphatic imine (C=N–C) groups is 1. The molecular formula is C17H27N3. The Hall–Kier alpha value is -1.51. The summed E-state index contributed by atoms with van der Waals surface area (Å²) in [7, 11) is 1.82. The van der Waals surface area contributed by atoms with Crippen molar-refractivity contribution in [1.29, 1.82) is 0 Å². The molecule has 2 rings (SSSR count). The van der Waals surface area contributed by atoms with Crippen molar-refractivity contribution in [2.75, 3.05) is 13.6 Å². The molecule has 0 atom stereocenters. The maximum absolute atomic E-state index is 4.25. The largest absolute Gasteiger partial charge is 0.356 e. The van der Waals surface area contributed by atoms with Crippen LogP contribution < -0.4 is 10.6 Å². The third-order valence-corrected chi connectivity index (χ3v) is 3.76. The zero-order valence-corrected chi connectivity index (χ0v) is 13.2. The van der Waals surface area contributed by atoms with Crippen LogP contribution in [0.2, 0.25) is 0 Å². The highest BCUT2D eigenvalue weighted by Crippen LogP contribution is 2.27. The van der Waals surface area contributed by atoms with Gasteiger partial charge in [-0.1, -0.05) is 45.0 Å². The predicted molar refractivity (Wildman–Crippen MR) is 86.1 cm³/mol. The first kappa shape index (κ1) is 14.9. The number of benzene rings is 1.